The van der Waals surface area contributed by atoms with Gasteiger partial charge in [0.05, 0.1) is 16.3 Å². The van der Waals surface area contributed by atoms with Crippen LogP contribution in [0.4, 0.5) is 15.8 Å². The number of nitrogens with zero attached hydrogens (tertiary/aromatic N) is 1. The van der Waals surface area contributed by atoms with Crippen LogP contribution in [-0.2, 0) is 10.0 Å². The van der Waals surface area contributed by atoms with E-state index in [1.54, 1.807) is 0 Å². The molecular formula is C19H22FN3O3S. The molecule has 0 saturated carbocycles. The Kier molecular flexibility index (Phi) is 5.48. The molecule has 27 heavy (non-hydrogen) atoms. The van der Waals surface area contributed by atoms with Crippen molar-refractivity contribution in [2.24, 2.45) is 0 Å². The van der Waals surface area contributed by atoms with Gasteiger partial charge >= 0.3 is 0 Å². The number of amides is 1. The summed E-state index contributed by atoms with van der Waals surface area (Å²) in [7, 11) is -3.59. The Bertz CT molecular complexity index is 945. The fraction of sp³-hybridized carbons (Fsp3) is 0.316. The zero-order chi connectivity index (χ0) is 19.6. The number of hydrogen-bond acceptors (Lipinski definition) is 4. The highest BCUT2D eigenvalue weighted by Crippen LogP contribution is 2.26. The normalized spacial score (nSPS) is 18.2. The first kappa shape index (κ1) is 19.3. The van der Waals surface area contributed by atoms with Gasteiger partial charge < -0.3 is 11.1 Å². The quantitative estimate of drug-likeness (QED) is 0.783. The van der Waals surface area contributed by atoms with Crippen LogP contribution in [0.5, 0.6) is 0 Å². The Hall–Kier alpha value is -2.45. The lowest BCUT2D eigenvalue weighted by molar-refractivity contribution is 0.102. The third-order valence-electron chi connectivity index (χ3n) is 4.73. The number of hydrogen-bond donors (Lipinski definition) is 2. The molecule has 3 N–H and O–H groups in total. The van der Waals surface area contributed by atoms with E-state index in [9.17, 15) is 17.6 Å². The maximum absolute atomic E-state index is 13.3. The molecule has 2 aromatic carbocycles. The summed E-state index contributed by atoms with van der Waals surface area (Å²) in [4.78, 5) is 12.5. The van der Waals surface area contributed by atoms with E-state index in [-0.39, 0.29) is 27.9 Å². The van der Waals surface area contributed by atoms with Crippen LogP contribution < -0.4 is 11.1 Å². The Morgan fingerprint density at radius 2 is 1.89 bits per heavy atom. The van der Waals surface area contributed by atoms with Crippen LogP contribution >= 0.6 is 0 Å². The Labute approximate surface area is 158 Å². The summed E-state index contributed by atoms with van der Waals surface area (Å²) in [6, 6.07) is 9.36. The van der Waals surface area contributed by atoms with Gasteiger partial charge in [0.1, 0.15) is 5.82 Å². The van der Waals surface area contributed by atoms with E-state index in [1.165, 1.54) is 40.7 Å². The van der Waals surface area contributed by atoms with Crippen molar-refractivity contribution < 1.29 is 17.6 Å². The number of benzene rings is 2. The molecule has 0 bridgehead atoms. The number of sulfonamides is 1. The van der Waals surface area contributed by atoms with Gasteiger partial charge in [0.25, 0.3) is 5.91 Å². The summed E-state index contributed by atoms with van der Waals surface area (Å²) < 4.78 is 40.5. The van der Waals surface area contributed by atoms with E-state index in [4.69, 9.17) is 5.73 Å². The molecule has 1 heterocycles. The van der Waals surface area contributed by atoms with Gasteiger partial charge in [-0.1, -0.05) is 6.42 Å². The third-order valence-corrected chi connectivity index (χ3v) is 6.76. The van der Waals surface area contributed by atoms with Gasteiger partial charge in [-0.05, 0) is 62.2 Å². The van der Waals surface area contributed by atoms with Gasteiger partial charge in [0.2, 0.25) is 10.0 Å². The summed E-state index contributed by atoms with van der Waals surface area (Å²) in [5, 5.41) is 2.53. The first-order valence-electron chi connectivity index (χ1n) is 8.77. The molecule has 0 spiro atoms. The predicted molar refractivity (Wildman–Crippen MR) is 102 cm³/mol. The van der Waals surface area contributed by atoms with Crippen LogP contribution in [0, 0.1) is 5.82 Å². The summed E-state index contributed by atoms with van der Waals surface area (Å²) in [6.45, 7) is 2.41. The number of nitrogens with two attached hydrogens (primary N) is 1. The molecule has 3 rings (SSSR count). The second-order valence-corrected chi connectivity index (χ2v) is 8.56. The predicted octanol–water partition coefficient (Wildman–Crippen LogP) is 3.22. The minimum atomic E-state index is -3.59. The number of anilines is 2. The largest absolute Gasteiger partial charge is 0.397 e. The fourth-order valence-electron chi connectivity index (χ4n) is 3.17. The number of rotatable bonds is 4. The molecule has 1 amide bonds. The van der Waals surface area contributed by atoms with E-state index in [0.29, 0.717) is 6.54 Å². The Morgan fingerprint density at radius 3 is 2.56 bits per heavy atom. The lowest BCUT2D eigenvalue weighted by atomic mass is 10.1. The first-order valence-corrected chi connectivity index (χ1v) is 10.2. The molecule has 8 heteroatoms. The molecule has 1 saturated heterocycles. The van der Waals surface area contributed by atoms with Gasteiger partial charge in [-0.15, -0.1) is 0 Å². The average Bonchev–Trinajstić information content (AvgIpc) is 2.65. The van der Waals surface area contributed by atoms with E-state index in [0.717, 1.165) is 25.3 Å². The molecule has 1 aliphatic heterocycles. The van der Waals surface area contributed by atoms with Crippen LogP contribution in [0.1, 0.15) is 36.5 Å². The number of piperidine rings is 1. The SMILES string of the molecule is CC1CCCCN1S(=O)(=O)c1ccc(C(=O)Nc2cc(F)ccc2N)cc1. The zero-order valence-electron chi connectivity index (χ0n) is 15.0. The third kappa shape index (κ3) is 4.12. The number of carbonyl (C=O) groups is 1. The second kappa shape index (κ2) is 7.66. The maximum atomic E-state index is 13.3. The molecule has 1 atom stereocenters. The van der Waals surface area contributed by atoms with Crippen molar-refractivity contribution in [3.05, 3.63) is 53.8 Å². The minimum absolute atomic E-state index is 0.0392. The van der Waals surface area contributed by atoms with Crippen LogP contribution in [0.2, 0.25) is 0 Å². The molecule has 1 unspecified atom stereocenters. The molecule has 2 aromatic rings. The van der Waals surface area contributed by atoms with Crippen molar-refractivity contribution in [3.63, 3.8) is 0 Å². The highest BCUT2D eigenvalue weighted by Gasteiger charge is 2.30. The van der Waals surface area contributed by atoms with Crippen LogP contribution in [0.25, 0.3) is 0 Å². The van der Waals surface area contributed by atoms with Crippen molar-refractivity contribution >= 4 is 27.3 Å². The van der Waals surface area contributed by atoms with Gasteiger partial charge in [-0.2, -0.15) is 4.31 Å². The molecule has 1 aliphatic rings. The fourth-order valence-corrected chi connectivity index (χ4v) is 4.87. The molecule has 144 valence electrons. The van der Waals surface area contributed by atoms with Crippen molar-refractivity contribution in [2.45, 2.75) is 37.1 Å². The van der Waals surface area contributed by atoms with Crippen molar-refractivity contribution in [1.29, 1.82) is 0 Å². The molecular weight excluding hydrogens is 369 g/mol. The summed E-state index contributed by atoms with van der Waals surface area (Å²) in [5.41, 5.74) is 6.38. The van der Waals surface area contributed by atoms with Gasteiger partial charge in [-0.25, -0.2) is 12.8 Å². The first-order chi connectivity index (χ1) is 12.8. The van der Waals surface area contributed by atoms with Crippen LogP contribution in [0.3, 0.4) is 0 Å². The van der Waals surface area contributed by atoms with Crippen molar-refractivity contribution in [2.75, 3.05) is 17.6 Å². The van der Waals surface area contributed by atoms with E-state index in [1.807, 2.05) is 6.92 Å². The van der Waals surface area contributed by atoms with Gasteiger partial charge in [-0.3, -0.25) is 4.79 Å². The Morgan fingerprint density at radius 1 is 1.19 bits per heavy atom. The summed E-state index contributed by atoms with van der Waals surface area (Å²) in [6.07, 6.45) is 2.71. The zero-order valence-corrected chi connectivity index (χ0v) is 15.8. The van der Waals surface area contributed by atoms with E-state index < -0.39 is 21.7 Å². The molecule has 1 fully saturated rings. The highest BCUT2D eigenvalue weighted by molar-refractivity contribution is 7.89. The minimum Gasteiger partial charge on any atom is -0.397 e. The molecule has 0 aromatic heterocycles. The topological polar surface area (TPSA) is 92.5 Å². The lowest BCUT2D eigenvalue weighted by Gasteiger charge is -2.32. The number of halogens is 1. The van der Waals surface area contributed by atoms with E-state index >= 15 is 0 Å². The second-order valence-electron chi connectivity index (χ2n) is 6.67. The number of nitrogen functional groups attached to an aromatic ring is 1. The number of nitrogens with one attached hydrogen (secondary N) is 1. The summed E-state index contributed by atoms with van der Waals surface area (Å²) >= 11 is 0. The molecule has 6 nitrogen and oxygen atoms in total. The van der Waals surface area contributed by atoms with Gasteiger partial charge in [0, 0.05) is 18.2 Å². The van der Waals surface area contributed by atoms with E-state index in [2.05, 4.69) is 5.32 Å². The molecule has 0 radical (unpaired) electrons. The highest BCUT2D eigenvalue weighted by atomic mass is 32.2. The van der Waals surface area contributed by atoms with Gasteiger partial charge in [0.15, 0.2) is 0 Å². The van der Waals surface area contributed by atoms with Crippen molar-refractivity contribution in [3.8, 4) is 0 Å². The van der Waals surface area contributed by atoms with Crippen LogP contribution in [-0.4, -0.2) is 31.2 Å². The average molecular weight is 391 g/mol. The lowest BCUT2D eigenvalue weighted by Crippen LogP contribution is -2.41. The van der Waals surface area contributed by atoms with Crippen molar-refractivity contribution in [1.82, 2.24) is 4.31 Å². The molecule has 0 aliphatic carbocycles. The maximum Gasteiger partial charge on any atom is 0.255 e. The summed E-state index contributed by atoms with van der Waals surface area (Å²) in [5.74, 6) is -1.01. The number of carbonyl (C=O) groups excluding carboxylic acids is 1. The standard InChI is InChI=1S/C19H22FN3O3S/c1-13-4-2-3-11-23(13)27(25,26)16-8-5-14(6-9-16)19(24)22-18-12-15(20)7-10-17(18)21/h5-10,12-13H,2-4,11,21H2,1H3,(H,22,24). The monoisotopic (exact) mass is 391 g/mol. The van der Waals surface area contributed by atoms with Crippen LogP contribution in [0.15, 0.2) is 47.4 Å². The smallest absolute Gasteiger partial charge is 0.255 e. The Balaban J connectivity index is 1.78.